The van der Waals surface area contributed by atoms with Gasteiger partial charge in [-0.05, 0) is 23.3 Å². The molecular formula is C22H24N6O7S. The molecule has 1 atom stereocenters. The number of carbonyl (C=O) groups excluding carboxylic acids is 1. The van der Waals surface area contributed by atoms with Gasteiger partial charge < -0.3 is 25.2 Å². The van der Waals surface area contributed by atoms with E-state index in [4.69, 9.17) is 4.74 Å². The minimum absolute atomic E-state index is 0.0290. The Hall–Kier alpha value is -4.46. The van der Waals surface area contributed by atoms with Crippen LogP contribution >= 0.6 is 0 Å². The van der Waals surface area contributed by atoms with Crippen molar-refractivity contribution < 1.29 is 33.0 Å². The molecule has 0 aliphatic carbocycles. The molecule has 1 aromatic heterocycles. The average molecular weight is 517 g/mol. The number of nitrogens with one attached hydrogen (secondary N) is 2. The molecule has 4 N–H and O–H groups in total. The number of rotatable bonds is 10. The molecule has 0 fully saturated rings. The maximum absolute atomic E-state index is 12.5. The summed E-state index contributed by atoms with van der Waals surface area (Å²) >= 11 is 0. The summed E-state index contributed by atoms with van der Waals surface area (Å²) in [5, 5.41) is 22.0. The second-order valence-corrected chi connectivity index (χ2v) is 9.50. The van der Waals surface area contributed by atoms with Gasteiger partial charge in [0.2, 0.25) is 21.9 Å². The maximum atomic E-state index is 12.5. The number of carbonyl (C=O) groups is 2. The lowest BCUT2D eigenvalue weighted by molar-refractivity contribution is -0.137. The van der Waals surface area contributed by atoms with Gasteiger partial charge in [0.15, 0.2) is 0 Å². The molecule has 3 rings (SSSR count). The fourth-order valence-electron chi connectivity index (χ4n) is 2.92. The average Bonchev–Trinajstić information content (AvgIpc) is 2.79. The molecule has 0 aliphatic rings. The number of nitrogens with zero attached hydrogens (tertiary/aromatic N) is 4. The number of hydrogen-bond donors (Lipinski definition) is 4. The quantitative estimate of drug-likeness (QED) is 0.307. The van der Waals surface area contributed by atoms with Gasteiger partial charge in [-0.3, -0.25) is 4.72 Å². The van der Waals surface area contributed by atoms with Crippen molar-refractivity contribution in [1.29, 1.82) is 0 Å². The molecule has 2 aromatic carbocycles. The highest BCUT2D eigenvalue weighted by molar-refractivity contribution is 7.91. The Bertz CT molecular complexity index is 1320. The van der Waals surface area contributed by atoms with E-state index in [1.807, 2.05) is 0 Å². The van der Waals surface area contributed by atoms with Gasteiger partial charge in [0.05, 0.1) is 5.75 Å². The summed E-state index contributed by atoms with van der Waals surface area (Å²) in [7, 11) is -0.849. The highest BCUT2D eigenvalue weighted by atomic mass is 32.2. The van der Waals surface area contributed by atoms with Crippen LogP contribution in [0.25, 0.3) is 0 Å². The molecule has 36 heavy (non-hydrogen) atoms. The van der Waals surface area contributed by atoms with Crippen LogP contribution in [-0.2, 0) is 27.0 Å². The van der Waals surface area contributed by atoms with Gasteiger partial charge >= 0.3 is 18.1 Å². The fourth-order valence-corrected chi connectivity index (χ4v) is 3.99. The third-order valence-corrected chi connectivity index (χ3v) is 5.81. The van der Waals surface area contributed by atoms with Crippen molar-refractivity contribution in [2.24, 2.45) is 0 Å². The zero-order chi connectivity index (χ0) is 26.3. The van der Waals surface area contributed by atoms with Crippen molar-refractivity contribution in [2.75, 3.05) is 24.1 Å². The number of carboxylic acids is 1. The minimum atomic E-state index is -3.93. The van der Waals surface area contributed by atoms with Gasteiger partial charge in [0.1, 0.15) is 11.8 Å². The maximum Gasteiger partial charge on any atom is 0.414 e. The molecule has 0 bridgehead atoms. The monoisotopic (exact) mass is 516 g/mol. The molecule has 3 aromatic rings. The van der Waals surface area contributed by atoms with Gasteiger partial charge in [-0.25, -0.2) is 18.0 Å². The van der Waals surface area contributed by atoms with Gasteiger partial charge in [-0.15, -0.1) is 0 Å². The molecule has 0 unspecified atom stereocenters. The van der Waals surface area contributed by atoms with Gasteiger partial charge in [0.25, 0.3) is 0 Å². The van der Waals surface area contributed by atoms with E-state index in [1.165, 1.54) is 17.0 Å². The van der Waals surface area contributed by atoms with Crippen molar-refractivity contribution in [2.45, 2.75) is 18.2 Å². The number of carboxylic acid groups (broad SMARTS) is 1. The van der Waals surface area contributed by atoms with Crippen molar-refractivity contribution in [1.82, 2.24) is 19.9 Å². The van der Waals surface area contributed by atoms with E-state index in [2.05, 4.69) is 25.0 Å². The van der Waals surface area contributed by atoms with Crippen molar-refractivity contribution in [3.63, 3.8) is 0 Å². The molecule has 190 valence electrons. The van der Waals surface area contributed by atoms with Crippen molar-refractivity contribution in [3.05, 3.63) is 65.7 Å². The predicted octanol–water partition coefficient (Wildman–Crippen LogP) is 1.69. The number of aliphatic carboxylic acids is 1. The first-order valence-corrected chi connectivity index (χ1v) is 12.1. The highest BCUT2D eigenvalue weighted by Crippen LogP contribution is 2.17. The molecule has 0 radical (unpaired) electrons. The van der Waals surface area contributed by atoms with Crippen molar-refractivity contribution >= 4 is 34.0 Å². The molecule has 0 saturated heterocycles. The van der Waals surface area contributed by atoms with Crippen LogP contribution in [0.4, 0.5) is 16.7 Å². The Morgan fingerprint density at radius 3 is 2.22 bits per heavy atom. The van der Waals surface area contributed by atoms with Crippen LogP contribution in [0.1, 0.15) is 11.1 Å². The first-order chi connectivity index (χ1) is 17.0. The molecule has 0 saturated carbocycles. The minimum Gasteiger partial charge on any atom is -0.480 e. The summed E-state index contributed by atoms with van der Waals surface area (Å²) in [6, 6.07) is 12.6. The Morgan fingerprint density at radius 2 is 1.61 bits per heavy atom. The van der Waals surface area contributed by atoms with E-state index in [1.54, 1.807) is 56.6 Å². The number of ether oxygens (including phenoxy) is 1. The van der Waals surface area contributed by atoms with Crippen LogP contribution in [0.15, 0.2) is 54.6 Å². The van der Waals surface area contributed by atoms with E-state index in [-0.39, 0.29) is 23.9 Å². The van der Waals surface area contributed by atoms with Crippen LogP contribution < -0.4 is 14.8 Å². The fraction of sp³-hybridized carbons (Fsp3) is 0.227. The Morgan fingerprint density at radius 1 is 0.972 bits per heavy atom. The summed E-state index contributed by atoms with van der Waals surface area (Å²) < 4.78 is 32.2. The molecule has 14 heteroatoms. The van der Waals surface area contributed by atoms with Gasteiger partial charge in [-0.2, -0.15) is 15.0 Å². The van der Waals surface area contributed by atoms with Crippen molar-refractivity contribution in [3.8, 4) is 11.8 Å². The van der Waals surface area contributed by atoms with E-state index in [0.29, 0.717) is 11.1 Å². The van der Waals surface area contributed by atoms with Crippen LogP contribution in [0.2, 0.25) is 0 Å². The van der Waals surface area contributed by atoms with Crippen LogP contribution in [0.3, 0.4) is 0 Å². The van der Waals surface area contributed by atoms with Gasteiger partial charge in [0, 0.05) is 20.5 Å². The SMILES string of the molecule is CN(C)C(=O)Oc1ccc(C[C@H](Nc2nc(O)nc(NS(=O)(=O)Cc3ccccc3)n2)C(=O)O)cc1. The third-order valence-electron chi connectivity index (χ3n) is 4.60. The van der Waals surface area contributed by atoms with E-state index in [0.717, 1.165) is 0 Å². The summed E-state index contributed by atoms with van der Waals surface area (Å²) in [6.07, 6.45) is -0.587. The number of aromatic hydroxyl groups is 1. The van der Waals surface area contributed by atoms with Crippen LogP contribution in [0.5, 0.6) is 11.8 Å². The summed E-state index contributed by atoms with van der Waals surface area (Å²) in [5.74, 6) is -2.14. The third kappa shape index (κ3) is 7.80. The Kier molecular flexibility index (Phi) is 8.22. The first-order valence-electron chi connectivity index (χ1n) is 10.5. The lowest BCUT2D eigenvalue weighted by Gasteiger charge is -2.16. The zero-order valence-corrected chi connectivity index (χ0v) is 20.1. The molecule has 1 heterocycles. The lowest BCUT2D eigenvalue weighted by atomic mass is 10.1. The number of sulfonamides is 1. The summed E-state index contributed by atoms with van der Waals surface area (Å²) in [5.41, 5.74) is 1.11. The summed E-state index contributed by atoms with van der Waals surface area (Å²) in [4.78, 5) is 35.8. The second-order valence-electron chi connectivity index (χ2n) is 7.78. The smallest absolute Gasteiger partial charge is 0.414 e. The molecular weight excluding hydrogens is 492 g/mol. The standard InChI is InChI=1S/C22H24N6O7S/c1-28(2)22(32)35-16-10-8-14(9-11-16)12-17(18(29)30)23-19-24-20(26-21(31)25-19)27-36(33,34)13-15-6-4-3-5-7-15/h3-11,17H,12-13H2,1-2H3,(H,29,30)(H3,23,24,25,26,27,31)/t17-/m0/s1. The number of anilines is 2. The normalized spacial score (nSPS) is 11.8. The zero-order valence-electron chi connectivity index (χ0n) is 19.3. The van der Waals surface area contributed by atoms with Crippen LogP contribution in [-0.4, -0.2) is 70.7 Å². The topological polar surface area (TPSA) is 184 Å². The van der Waals surface area contributed by atoms with Gasteiger partial charge in [-0.1, -0.05) is 42.5 Å². The van der Waals surface area contributed by atoms with Crippen LogP contribution in [0, 0.1) is 0 Å². The Balaban J connectivity index is 1.70. The molecule has 0 spiro atoms. The molecule has 1 amide bonds. The van der Waals surface area contributed by atoms with E-state index < -0.39 is 40.1 Å². The molecule has 13 nitrogen and oxygen atoms in total. The molecule has 0 aliphatic heterocycles. The number of aromatic nitrogens is 3. The predicted molar refractivity (Wildman–Crippen MR) is 129 cm³/mol. The number of amides is 1. The number of benzene rings is 2. The first kappa shape index (κ1) is 26.2. The lowest BCUT2D eigenvalue weighted by Crippen LogP contribution is -2.32. The number of hydrogen-bond acceptors (Lipinski definition) is 10. The largest absolute Gasteiger partial charge is 0.480 e. The summed E-state index contributed by atoms with van der Waals surface area (Å²) in [6.45, 7) is 0. The van der Waals surface area contributed by atoms with E-state index >= 15 is 0 Å². The Labute approximate surface area is 206 Å². The van der Waals surface area contributed by atoms with E-state index in [9.17, 15) is 28.2 Å². The second kappa shape index (κ2) is 11.3. The highest BCUT2D eigenvalue weighted by Gasteiger charge is 2.21.